The predicted molar refractivity (Wildman–Crippen MR) is 98.5 cm³/mol. The molecule has 1 aliphatic heterocycles. The van der Waals surface area contributed by atoms with E-state index in [9.17, 15) is 0 Å². The highest BCUT2D eigenvalue weighted by Crippen LogP contribution is 2.32. The molecule has 26 heavy (non-hydrogen) atoms. The van der Waals surface area contributed by atoms with E-state index >= 15 is 0 Å². The Morgan fingerprint density at radius 3 is 2.42 bits per heavy atom. The van der Waals surface area contributed by atoms with Gasteiger partial charge in [-0.3, -0.25) is 0 Å². The highest BCUT2D eigenvalue weighted by Gasteiger charge is 2.31. The van der Waals surface area contributed by atoms with Crippen LogP contribution in [0.25, 0.3) is 22.8 Å². The zero-order valence-electron chi connectivity index (χ0n) is 15.7. The fourth-order valence-electron chi connectivity index (χ4n) is 3.56. The summed E-state index contributed by atoms with van der Waals surface area (Å²) in [5, 5.41) is 16.9. The van der Waals surface area contributed by atoms with E-state index in [0.29, 0.717) is 17.9 Å². The van der Waals surface area contributed by atoms with Crippen LogP contribution in [-0.4, -0.2) is 49.5 Å². The molecule has 136 valence electrons. The number of aryl methyl sites for hydroxylation is 1. The lowest BCUT2D eigenvalue weighted by molar-refractivity contribution is 0.158. The number of piperidine rings is 1. The largest absolute Gasteiger partial charge is 0.420 e. The van der Waals surface area contributed by atoms with Gasteiger partial charge in [0.1, 0.15) is 5.82 Å². The quantitative estimate of drug-likeness (QED) is 0.721. The lowest BCUT2D eigenvalue weighted by atomic mass is 9.90. The number of aromatic nitrogens is 5. The molecule has 2 atom stereocenters. The summed E-state index contributed by atoms with van der Waals surface area (Å²) >= 11 is 0. The summed E-state index contributed by atoms with van der Waals surface area (Å²) in [7, 11) is 4.12. The van der Waals surface area contributed by atoms with E-state index < -0.39 is 0 Å². The molecule has 0 spiro atoms. The summed E-state index contributed by atoms with van der Waals surface area (Å²) in [4.78, 5) is 2.36. The van der Waals surface area contributed by atoms with Gasteiger partial charge in [-0.15, -0.1) is 20.4 Å². The minimum atomic E-state index is 0.302. The van der Waals surface area contributed by atoms with Gasteiger partial charge in [-0.05, 0) is 52.4 Å². The normalized spacial score (nSPS) is 21.2. The Labute approximate surface area is 153 Å². The van der Waals surface area contributed by atoms with Gasteiger partial charge < -0.3 is 13.9 Å². The summed E-state index contributed by atoms with van der Waals surface area (Å²) in [6.45, 7) is 5.29. The third kappa shape index (κ3) is 2.92. The van der Waals surface area contributed by atoms with Crippen molar-refractivity contribution in [2.75, 3.05) is 13.6 Å². The Bertz CT molecular complexity index is 897. The molecule has 0 bridgehead atoms. The molecule has 0 N–H and O–H groups in total. The van der Waals surface area contributed by atoms with Gasteiger partial charge in [0.25, 0.3) is 0 Å². The van der Waals surface area contributed by atoms with Crippen molar-refractivity contribution in [2.24, 2.45) is 7.05 Å². The molecule has 3 heterocycles. The molecule has 0 unspecified atom stereocenters. The first kappa shape index (κ1) is 16.9. The Morgan fingerprint density at radius 1 is 1.00 bits per heavy atom. The van der Waals surface area contributed by atoms with E-state index in [2.05, 4.69) is 39.3 Å². The van der Waals surface area contributed by atoms with Crippen LogP contribution in [0.5, 0.6) is 0 Å². The van der Waals surface area contributed by atoms with Gasteiger partial charge in [0, 0.05) is 24.2 Å². The van der Waals surface area contributed by atoms with Gasteiger partial charge in [0.05, 0.1) is 5.92 Å². The maximum absolute atomic E-state index is 6.02. The fraction of sp³-hybridized carbons (Fsp3) is 0.474. The molecule has 1 fully saturated rings. The average molecular weight is 352 g/mol. The highest BCUT2D eigenvalue weighted by molar-refractivity contribution is 5.62. The van der Waals surface area contributed by atoms with Gasteiger partial charge in [0.15, 0.2) is 5.82 Å². The molecule has 0 radical (unpaired) electrons. The van der Waals surface area contributed by atoms with Crippen LogP contribution < -0.4 is 0 Å². The van der Waals surface area contributed by atoms with Crippen LogP contribution in [-0.2, 0) is 7.05 Å². The van der Waals surface area contributed by atoms with Crippen molar-refractivity contribution in [2.45, 2.75) is 38.6 Å². The molecule has 7 heteroatoms. The van der Waals surface area contributed by atoms with E-state index in [-0.39, 0.29) is 0 Å². The minimum Gasteiger partial charge on any atom is -0.420 e. The molecule has 0 aliphatic carbocycles. The fourth-order valence-corrected chi connectivity index (χ4v) is 3.56. The van der Waals surface area contributed by atoms with E-state index in [1.54, 1.807) is 0 Å². The second kappa shape index (κ2) is 6.64. The maximum atomic E-state index is 6.02. The summed E-state index contributed by atoms with van der Waals surface area (Å²) in [6, 6.07) is 8.43. The van der Waals surface area contributed by atoms with E-state index in [4.69, 9.17) is 4.42 Å². The number of likely N-dealkylation sites (tertiary alicyclic amines) is 1. The first-order valence-corrected chi connectivity index (χ1v) is 9.05. The molecule has 0 saturated carbocycles. The molecule has 3 aromatic rings. The van der Waals surface area contributed by atoms with E-state index in [0.717, 1.165) is 48.1 Å². The minimum absolute atomic E-state index is 0.302. The second-order valence-electron chi connectivity index (χ2n) is 7.12. The first-order valence-electron chi connectivity index (χ1n) is 9.05. The number of likely N-dealkylation sites (N-methyl/N-ethyl adjacent to an activating group) is 1. The number of nitrogens with zero attached hydrogens (tertiary/aromatic N) is 6. The third-order valence-electron chi connectivity index (χ3n) is 5.54. The van der Waals surface area contributed by atoms with Crippen molar-refractivity contribution in [1.82, 2.24) is 29.9 Å². The summed E-state index contributed by atoms with van der Waals surface area (Å²) < 4.78 is 7.99. The summed E-state index contributed by atoms with van der Waals surface area (Å²) in [6.07, 6.45) is 2.26. The standard InChI is InChI=1S/C19H24N6O/c1-12-16(6-5-11-24(12)3)19-23-22-18(26-19)15-9-7-14(8-10-15)17-21-20-13(2)25(17)4/h7-10,12,16H,5-6,11H2,1-4H3/t12-,16-/m0/s1. The van der Waals surface area contributed by atoms with Crippen LogP contribution in [0.15, 0.2) is 28.7 Å². The monoisotopic (exact) mass is 352 g/mol. The molecule has 1 aliphatic rings. The van der Waals surface area contributed by atoms with Crippen LogP contribution >= 0.6 is 0 Å². The van der Waals surface area contributed by atoms with Crippen molar-refractivity contribution in [3.05, 3.63) is 36.0 Å². The first-order chi connectivity index (χ1) is 12.5. The highest BCUT2D eigenvalue weighted by atomic mass is 16.4. The Kier molecular flexibility index (Phi) is 4.32. The van der Waals surface area contributed by atoms with Gasteiger partial charge in [0.2, 0.25) is 11.8 Å². The van der Waals surface area contributed by atoms with Crippen molar-refractivity contribution in [1.29, 1.82) is 0 Å². The van der Waals surface area contributed by atoms with Crippen molar-refractivity contribution in [3.63, 3.8) is 0 Å². The second-order valence-corrected chi connectivity index (χ2v) is 7.12. The topological polar surface area (TPSA) is 72.9 Å². The van der Waals surface area contributed by atoms with Crippen molar-refractivity contribution >= 4 is 0 Å². The molecule has 7 nitrogen and oxygen atoms in total. The predicted octanol–water partition coefficient (Wildman–Crippen LogP) is 3.04. The Morgan fingerprint density at radius 2 is 1.73 bits per heavy atom. The average Bonchev–Trinajstić information content (AvgIpc) is 3.26. The van der Waals surface area contributed by atoms with Gasteiger partial charge in [-0.1, -0.05) is 12.1 Å². The number of rotatable bonds is 3. The number of hydrogen-bond acceptors (Lipinski definition) is 6. The van der Waals surface area contributed by atoms with Crippen LogP contribution in [0.1, 0.15) is 37.4 Å². The number of hydrogen-bond donors (Lipinski definition) is 0. The zero-order chi connectivity index (χ0) is 18.3. The van der Waals surface area contributed by atoms with Crippen LogP contribution in [0.4, 0.5) is 0 Å². The van der Waals surface area contributed by atoms with Crippen LogP contribution in [0.2, 0.25) is 0 Å². The lowest BCUT2D eigenvalue weighted by Crippen LogP contribution is -2.39. The smallest absolute Gasteiger partial charge is 0.247 e. The molecular formula is C19H24N6O. The Hall–Kier alpha value is -2.54. The van der Waals surface area contributed by atoms with E-state index in [1.807, 2.05) is 42.8 Å². The third-order valence-corrected chi connectivity index (χ3v) is 5.54. The van der Waals surface area contributed by atoms with Crippen LogP contribution in [0.3, 0.4) is 0 Å². The van der Waals surface area contributed by atoms with Crippen molar-refractivity contribution in [3.8, 4) is 22.8 Å². The Balaban J connectivity index is 1.57. The summed E-state index contributed by atoms with van der Waals surface area (Å²) in [5.74, 6) is 3.35. The number of benzene rings is 1. The molecule has 0 amide bonds. The SMILES string of the molecule is Cc1nnc(-c2ccc(-c3nnc([C@H]4CCCN(C)[C@H]4C)o3)cc2)n1C. The molecule has 1 saturated heterocycles. The maximum Gasteiger partial charge on any atom is 0.247 e. The molecule has 4 rings (SSSR count). The molecule has 2 aromatic heterocycles. The van der Waals surface area contributed by atoms with Crippen LogP contribution in [0, 0.1) is 6.92 Å². The van der Waals surface area contributed by atoms with Gasteiger partial charge in [-0.2, -0.15) is 0 Å². The van der Waals surface area contributed by atoms with Gasteiger partial charge >= 0.3 is 0 Å². The molecule has 1 aromatic carbocycles. The van der Waals surface area contributed by atoms with Gasteiger partial charge in [-0.25, -0.2) is 0 Å². The lowest BCUT2D eigenvalue weighted by Gasteiger charge is -2.34. The van der Waals surface area contributed by atoms with Crippen molar-refractivity contribution < 1.29 is 4.42 Å². The van der Waals surface area contributed by atoms with E-state index in [1.165, 1.54) is 0 Å². The summed E-state index contributed by atoms with van der Waals surface area (Å²) in [5.41, 5.74) is 1.93. The zero-order valence-corrected chi connectivity index (χ0v) is 15.7. The molecular weight excluding hydrogens is 328 g/mol.